The number of aromatic nitrogens is 2. The Morgan fingerprint density at radius 1 is 1.11 bits per heavy atom. The lowest BCUT2D eigenvalue weighted by molar-refractivity contribution is -0.385. The number of benzene rings is 2. The summed E-state index contributed by atoms with van der Waals surface area (Å²) in [4.78, 5) is 33.0. The zero-order chi connectivity index (χ0) is 20.3. The summed E-state index contributed by atoms with van der Waals surface area (Å²) in [6.45, 7) is 1.86. The summed E-state index contributed by atoms with van der Waals surface area (Å²) in [7, 11) is 0. The van der Waals surface area contributed by atoms with Gasteiger partial charge in [-0.15, -0.1) is 0 Å². The van der Waals surface area contributed by atoms with Crippen molar-refractivity contribution in [2.24, 2.45) is 0 Å². The first-order chi connectivity index (χ1) is 13.3. The molecule has 11 heteroatoms. The standard InChI is InChI=1S/C17H13N5O6/c1-10-3-2-4-13(5-10)28-14-7-11(6-12(8-14)21(24)25)19-17(23)16-15(22(26)27)9-18-20-16/h2-9H,1H3,(H,18,20)(H,19,23). The second-order valence-corrected chi connectivity index (χ2v) is 5.73. The Bertz CT molecular complexity index is 1080. The maximum absolute atomic E-state index is 12.3. The minimum Gasteiger partial charge on any atom is -0.457 e. The fraction of sp³-hybridized carbons (Fsp3) is 0.0588. The second-order valence-electron chi connectivity index (χ2n) is 5.73. The van der Waals surface area contributed by atoms with Crippen LogP contribution in [0.15, 0.2) is 48.7 Å². The number of nitro groups is 2. The van der Waals surface area contributed by atoms with Crippen molar-refractivity contribution >= 4 is 23.0 Å². The van der Waals surface area contributed by atoms with E-state index in [1.807, 2.05) is 13.0 Å². The minimum atomic E-state index is -0.869. The van der Waals surface area contributed by atoms with E-state index in [0.29, 0.717) is 5.75 Å². The monoisotopic (exact) mass is 383 g/mol. The van der Waals surface area contributed by atoms with E-state index in [-0.39, 0.29) is 22.8 Å². The highest BCUT2D eigenvalue weighted by atomic mass is 16.6. The summed E-state index contributed by atoms with van der Waals surface area (Å²) in [6, 6.07) is 10.7. The minimum absolute atomic E-state index is 0.0331. The molecule has 11 nitrogen and oxygen atoms in total. The summed E-state index contributed by atoms with van der Waals surface area (Å²) in [6.07, 6.45) is 0.897. The molecule has 1 amide bonds. The molecule has 0 aliphatic rings. The SMILES string of the molecule is Cc1cccc(Oc2cc(NC(=O)c3[nH]ncc3[N+](=O)[O-])cc([N+](=O)[O-])c2)c1. The van der Waals surface area contributed by atoms with Gasteiger partial charge in [0.15, 0.2) is 0 Å². The number of nitro benzene ring substituents is 1. The first kappa shape index (κ1) is 18.5. The first-order valence-corrected chi connectivity index (χ1v) is 7.86. The van der Waals surface area contributed by atoms with Gasteiger partial charge in [-0.25, -0.2) is 0 Å². The van der Waals surface area contributed by atoms with Crippen LogP contribution in [0.5, 0.6) is 11.5 Å². The molecule has 0 spiro atoms. The van der Waals surface area contributed by atoms with E-state index in [2.05, 4.69) is 15.5 Å². The van der Waals surface area contributed by atoms with Crippen molar-refractivity contribution < 1.29 is 19.4 Å². The lowest BCUT2D eigenvalue weighted by Crippen LogP contribution is -2.14. The van der Waals surface area contributed by atoms with E-state index in [0.717, 1.165) is 17.8 Å². The number of carbonyl (C=O) groups is 1. The molecule has 0 unspecified atom stereocenters. The molecule has 2 aromatic carbocycles. The number of aromatic amines is 1. The molecule has 0 bridgehead atoms. The van der Waals surface area contributed by atoms with E-state index in [4.69, 9.17) is 4.74 Å². The summed E-state index contributed by atoms with van der Waals surface area (Å²) in [5.74, 6) is -0.289. The van der Waals surface area contributed by atoms with E-state index < -0.39 is 21.4 Å². The van der Waals surface area contributed by atoms with Gasteiger partial charge in [0.05, 0.1) is 21.6 Å². The molecule has 1 aromatic heterocycles. The van der Waals surface area contributed by atoms with Crippen molar-refractivity contribution in [2.75, 3.05) is 5.32 Å². The van der Waals surface area contributed by atoms with Gasteiger partial charge >= 0.3 is 5.69 Å². The quantitative estimate of drug-likeness (QED) is 0.487. The first-order valence-electron chi connectivity index (χ1n) is 7.86. The summed E-state index contributed by atoms with van der Waals surface area (Å²) < 4.78 is 5.64. The second kappa shape index (κ2) is 7.53. The number of non-ortho nitro benzene ring substituents is 1. The maximum atomic E-state index is 12.3. The number of amides is 1. The summed E-state index contributed by atoms with van der Waals surface area (Å²) in [5.41, 5.74) is -0.245. The Labute approximate surface area is 157 Å². The molecule has 0 radical (unpaired) electrons. The van der Waals surface area contributed by atoms with Crippen LogP contribution in [-0.4, -0.2) is 26.0 Å². The van der Waals surface area contributed by atoms with Crippen molar-refractivity contribution in [3.63, 3.8) is 0 Å². The van der Waals surface area contributed by atoms with Crippen molar-refractivity contribution in [3.05, 3.63) is 80.1 Å². The number of hydrogen-bond acceptors (Lipinski definition) is 7. The van der Waals surface area contributed by atoms with Gasteiger partial charge in [-0.05, 0) is 24.6 Å². The number of hydrogen-bond donors (Lipinski definition) is 2. The fourth-order valence-electron chi connectivity index (χ4n) is 2.41. The zero-order valence-corrected chi connectivity index (χ0v) is 14.4. The van der Waals surface area contributed by atoms with Crippen LogP contribution < -0.4 is 10.1 Å². The number of nitrogens with zero attached hydrogens (tertiary/aromatic N) is 3. The van der Waals surface area contributed by atoms with E-state index in [1.165, 1.54) is 12.1 Å². The number of nitrogens with one attached hydrogen (secondary N) is 2. The number of ether oxygens (including phenoxy) is 1. The lowest BCUT2D eigenvalue weighted by atomic mass is 10.2. The molecule has 28 heavy (non-hydrogen) atoms. The third kappa shape index (κ3) is 4.09. The van der Waals surface area contributed by atoms with Crippen LogP contribution in [0.25, 0.3) is 0 Å². The van der Waals surface area contributed by atoms with Gasteiger partial charge in [0.1, 0.15) is 17.7 Å². The Morgan fingerprint density at radius 3 is 2.57 bits per heavy atom. The van der Waals surface area contributed by atoms with E-state index in [1.54, 1.807) is 18.2 Å². The molecule has 142 valence electrons. The van der Waals surface area contributed by atoms with Crippen molar-refractivity contribution in [3.8, 4) is 11.5 Å². The number of H-pyrrole nitrogens is 1. The molecule has 2 N–H and O–H groups in total. The van der Waals surface area contributed by atoms with Gasteiger partial charge in [0, 0.05) is 12.1 Å². The highest BCUT2D eigenvalue weighted by Crippen LogP contribution is 2.30. The average Bonchev–Trinajstić information content (AvgIpc) is 3.11. The molecule has 0 saturated carbocycles. The normalized spacial score (nSPS) is 10.3. The van der Waals surface area contributed by atoms with Crippen LogP contribution in [0.2, 0.25) is 0 Å². The smallest absolute Gasteiger partial charge is 0.319 e. The van der Waals surface area contributed by atoms with E-state index in [9.17, 15) is 25.0 Å². The number of aryl methyl sites for hydroxylation is 1. The van der Waals surface area contributed by atoms with Gasteiger partial charge in [0.25, 0.3) is 11.6 Å². The summed E-state index contributed by atoms with van der Waals surface area (Å²) >= 11 is 0. The molecule has 3 aromatic rings. The Hall–Kier alpha value is -4.28. The maximum Gasteiger partial charge on any atom is 0.319 e. The fourth-order valence-corrected chi connectivity index (χ4v) is 2.41. The molecule has 0 aliphatic carbocycles. The Kier molecular flexibility index (Phi) is 4.98. The third-order valence-electron chi connectivity index (χ3n) is 3.63. The Balaban J connectivity index is 1.91. The molecule has 1 heterocycles. The van der Waals surface area contributed by atoms with Gasteiger partial charge in [0.2, 0.25) is 5.69 Å². The zero-order valence-electron chi connectivity index (χ0n) is 14.4. The van der Waals surface area contributed by atoms with Crippen LogP contribution in [0.1, 0.15) is 16.1 Å². The molecule has 0 aliphatic heterocycles. The highest BCUT2D eigenvalue weighted by Gasteiger charge is 2.23. The average molecular weight is 383 g/mol. The van der Waals surface area contributed by atoms with Gasteiger partial charge in [-0.2, -0.15) is 5.10 Å². The molecule has 0 saturated heterocycles. The summed E-state index contributed by atoms with van der Waals surface area (Å²) in [5, 5.41) is 30.2. The van der Waals surface area contributed by atoms with Crippen LogP contribution in [0, 0.1) is 27.2 Å². The molecular weight excluding hydrogens is 370 g/mol. The van der Waals surface area contributed by atoms with Gasteiger partial charge in [-0.1, -0.05) is 12.1 Å². The van der Waals surface area contributed by atoms with E-state index >= 15 is 0 Å². The number of anilines is 1. The van der Waals surface area contributed by atoms with Crippen LogP contribution in [-0.2, 0) is 0 Å². The predicted molar refractivity (Wildman–Crippen MR) is 97.5 cm³/mol. The predicted octanol–water partition coefficient (Wildman–Crippen LogP) is 3.58. The van der Waals surface area contributed by atoms with Crippen molar-refractivity contribution in [2.45, 2.75) is 6.92 Å². The third-order valence-corrected chi connectivity index (χ3v) is 3.63. The molecule has 3 rings (SSSR count). The molecular formula is C17H13N5O6. The Morgan fingerprint density at radius 2 is 1.89 bits per heavy atom. The topological polar surface area (TPSA) is 153 Å². The van der Waals surface area contributed by atoms with Crippen molar-refractivity contribution in [1.82, 2.24) is 10.2 Å². The van der Waals surface area contributed by atoms with Crippen LogP contribution in [0.4, 0.5) is 17.1 Å². The van der Waals surface area contributed by atoms with Gasteiger partial charge < -0.3 is 10.1 Å². The number of carbonyl (C=O) groups excluding carboxylic acids is 1. The molecule has 0 fully saturated rings. The van der Waals surface area contributed by atoms with Crippen LogP contribution in [0.3, 0.4) is 0 Å². The van der Waals surface area contributed by atoms with Gasteiger partial charge in [-0.3, -0.25) is 30.1 Å². The highest BCUT2D eigenvalue weighted by molar-refractivity contribution is 6.05. The largest absolute Gasteiger partial charge is 0.457 e. The lowest BCUT2D eigenvalue weighted by Gasteiger charge is -2.09. The molecule has 0 atom stereocenters. The van der Waals surface area contributed by atoms with Crippen molar-refractivity contribution in [1.29, 1.82) is 0 Å². The van der Waals surface area contributed by atoms with Crippen LogP contribution >= 0.6 is 0 Å². The number of rotatable bonds is 6.